The second-order valence-electron chi connectivity index (χ2n) is 7.25. The summed E-state index contributed by atoms with van der Waals surface area (Å²) in [6, 6.07) is 25.3. The molecule has 0 fully saturated rings. The molecule has 170 valence electrons. The van der Waals surface area contributed by atoms with Crippen molar-refractivity contribution >= 4 is 50.9 Å². The minimum atomic E-state index is 0.0284. The number of aromatic nitrogens is 4. The van der Waals surface area contributed by atoms with E-state index >= 15 is 0 Å². The summed E-state index contributed by atoms with van der Waals surface area (Å²) in [4.78, 5) is 17.4. The predicted octanol–water partition coefficient (Wildman–Crippen LogP) is 6.15. The number of thiazole rings is 1. The van der Waals surface area contributed by atoms with Gasteiger partial charge in [0.1, 0.15) is 11.6 Å². The number of ketones is 1. The summed E-state index contributed by atoms with van der Waals surface area (Å²) in [5, 5.41) is 9.56. The van der Waals surface area contributed by atoms with Crippen molar-refractivity contribution in [1.82, 2.24) is 19.7 Å². The van der Waals surface area contributed by atoms with Crippen molar-refractivity contribution in [2.75, 3.05) is 12.9 Å². The van der Waals surface area contributed by atoms with Gasteiger partial charge in [0.25, 0.3) is 0 Å². The Balaban J connectivity index is 1.35. The van der Waals surface area contributed by atoms with Gasteiger partial charge >= 0.3 is 0 Å². The van der Waals surface area contributed by atoms with Crippen LogP contribution in [0.3, 0.4) is 0 Å². The van der Waals surface area contributed by atoms with Gasteiger partial charge in [-0.25, -0.2) is 4.98 Å². The van der Waals surface area contributed by atoms with Crippen molar-refractivity contribution in [3.8, 4) is 11.4 Å². The Bertz CT molecular complexity index is 1380. The molecule has 34 heavy (non-hydrogen) atoms. The lowest BCUT2D eigenvalue weighted by Crippen LogP contribution is -2.05. The summed E-state index contributed by atoms with van der Waals surface area (Å²) >= 11 is 4.70. The first-order chi connectivity index (χ1) is 16.7. The monoisotopic (exact) mass is 504 g/mol. The molecule has 0 spiro atoms. The van der Waals surface area contributed by atoms with Gasteiger partial charge in [-0.2, -0.15) is 0 Å². The lowest BCUT2D eigenvalue weighted by Gasteiger charge is -2.09. The fourth-order valence-electron chi connectivity index (χ4n) is 3.35. The molecule has 0 aliphatic carbocycles. The third-order valence-corrected chi connectivity index (χ3v) is 8.16. The minimum absolute atomic E-state index is 0.0284. The number of benzene rings is 3. The number of thioether (sulfide) groups is 2. The number of carbonyl (C=O) groups excluding carboxylic acids is 1. The van der Waals surface area contributed by atoms with Gasteiger partial charge in [0.2, 0.25) is 0 Å². The molecule has 5 rings (SSSR count). The normalized spacial score (nSPS) is 11.1. The molecule has 0 aliphatic rings. The number of ether oxygens (including phenoxy) is 1. The largest absolute Gasteiger partial charge is 0.497 e. The van der Waals surface area contributed by atoms with Crippen LogP contribution in [-0.4, -0.2) is 38.4 Å². The number of carbonyl (C=O) groups is 1. The Kier molecular flexibility index (Phi) is 6.94. The summed E-state index contributed by atoms with van der Waals surface area (Å²) < 4.78 is 9.36. The van der Waals surface area contributed by atoms with Crippen LogP contribution in [0, 0.1) is 0 Å². The second kappa shape index (κ2) is 10.4. The number of rotatable bonds is 9. The smallest absolute Gasteiger partial charge is 0.196 e. The molecule has 0 amide bonds. The van der Waals surface area contributed by atoms with Gasteiger partial charge in [0.15, 0.2) is 15.3 Å². The van der Waals surface area contributed by atoms with Gasteiger partial charge < -0.3 is 4.74 Å². The van der Waals surface area contributed by atoms with Crippen molar-refractivity contribution in [3.63, 3.8) is 0 Å². The topological polar surface area (TPSA) is 69.9 Å². The zero-order valence-electron chi connectivity index (χ0n) is 18.2. The van der Waals surface area contributed by atoms with Crippen LogP contribution >= 0.6 is 34.9 Å². The molecule has 0 atom stereocenters. The van der Waals surface area contributed by atoms with E-state index in [9.17, 15) is 4.79 Å². The zero-order chi connectivity index (χ0) is 23.3. The maximum atomic E-state index is 12.7. The molecule has 0 bridgehead atoms. The van der Waals surface area contributed by atoms with E-state index in [0.717, 1.165) is 27.1 Å². The zero-order valence-corrected chi connectivity index (χ0v) is 20.7. The average molecular weight is 505 g/mol. The van der Waals surface area contributed by atoms with Crippen LogP contribution in [0.5, 0.6) is 5.75 Å². The van der Waals surface area contributed by atoms with E-state index in [4.69, 9.17) is 9.72 Å². The molecule has 6 nitrogen and oxygen atoms in total. The molecule has 0 N–H and O–H groups in total. The molecule has 0 unspecified atom stereocenters. The number of para-hydroxylation sites is 2. The Hall–Kier alpha value is -3.14. The van der Waals surface area contributed by atoms with Crippen LogP contribution in [0.25, 0.3) is 15.9 Å². The van der Waals surface area contributed by atoms with Crippen LogP contribution in [0.2, 0.25) is 0 Å². The number of methoxy groups -OCH3 is 1. The summed E-state index contributed by atoms with van der Waals surface area (Å²) in [7, 11) is 1.61. The molecular weight excluding hydrogens is 485 g/mol. The van der Waals surface area contributed by atoms with Crippen LogP contribution in [-0.2, 0) is 5.75 Å². The van der Waals surface area contributed by atoms with Crippen molar-refractivity contribution < 1.29 is 9.53 Å². The van der Waals surface area contributed by atoms with Crippen LogP contribution in [0.4, 0.5) is 0 Å². The maximum absolute atomic E-state index is 12.7. The van der Waals surface area contributed by atoms with E-state index in [-0.39, 0.29) is 11.5 Å². The lowest BCUT2D eigenvalue weighted by molar-refractivity contribution is 0.102. The standard InChI is InChI=1S/C25H20N4O2S3/c1-31-19-13-11-17(12-14-19)21(30)15-32-24-28-27-23(29(24)18-7-3-2-4-8-18)16-33-25-26-20-9-5-6-10-22(20)34-25/h2-14H,15-16H2,1H3. The van der Waals surface area contributed by atoms with Crippen LogP contribution in [0.15, 0.2) is 88.4 Å². The number of hydrogen-bond donors (Lipinski definition) is 0. The first-order valence-corrected chi connectivity index (χ1v) is 13.3. The van der Waals surface area contributed by atoms with E-state index in [1.165, 1.54) is 16.5 Å². The van der Waals surface area contributed by atoms with Crippen molar-refractivity contribution in [2.24, 2.45) is 0 Å². The molecule has 2 aromatic heterocycles. The maximum Gasteiger partial charge on any atom is 0.196 e. The van der Waals surface area contributed by atoms with Crippen molar-refractivity contribution in [2.45, 2.75) is 15.2 Å². The molecule has 3 aromatic carbocycles. The Morgan fingerprint density at radius 2 is 1.71 bits per heavy atom. The number of Topliss-reactive ketones (excluding diaryl/α,β-unsaturated/α-hetero) is 1. The Labute approximate surface area is 209 Å². The fourth-order valence-corrected chi connectivity index (χ4v) is 6.20. The van der Waals surface area contributed by atoms with E-state index in [1.807, 2.05) is 53.1 Å². The molecule has 0 radical (unpaired) electrons. The third-order valence-electron chi connectivity index (χ3n) is 5.06. The second-order valence-corrected chi connectivity index (χ2v) is 10.4. The number of nitrogens with zero attached hydrogens (tertiary/aromatic N) is 4. The first-order valence-electron chi connectivity index (χ1n) is 10.5. The summed E-state index contributed by atoms with van der Waals surface area (Å²) in [5.41, 5.74) is 2.62. The first kappa shape index (κ1) is 22.6. The molecule has 0 saturated carbocycles. The molecule has 9 heteroatoms. The highest BCUT2D eigenvalue weighted by Crippen LogP contribution is 2.32. The third kappa shape index (κ3) is 5.01. The molecular formula is C25H20N4O2S3. The van der Waals surface area contributed by atoms with Crippen molar-refractivity contribution in [3.05, 3.63) is 90.3 Å². The van der Waals surface area contributed by atoms with Gasteiger partial charge in [-0.05, 0) is 48.5 Å². The van der Waals surface area contributed by atoms with Gasteiger partial charge in [-0.15, -0.1) is 21.5 Å². The molecule has 0 saturated heterocycles. The van der Waals surface area contributed by atoms with Gasteiger partial charge in [-0.1, -0.05) is 53.9 Å². The van der Waals surface area contributed by atoms with E-state index in [2.05, 4.69) is 16.3 Å². The average Bonchev–Trinajstić information content (AvgIpc) is 3.50. The summed E-state index contributed by atoms with van der Waals surface area (Å²) in [6.07, 6.45) is 0. The Morgan fingerprint density at radius 1 is 0.941 bits per heavy atom. The lowest BCUT2D eigenvalue weighted by atomic mass is 10.1. The van der Waals surface area contributed by atoms with Gasteiger partial charge in [0.05, 0.1) is 28.8 Å². The highest BCUT2D eigenvalue weighted by atomic mass is 32.2. The minimum Gasteiger partial charge on any atom is -0.497 e. The number of hydrogen-bond acceptors (Lipinski definition) is 8. The predicted molar refractivity (Wildman–Crippen MR) is 139 cm³/mol. The molecule has 2 heterocycles. The Morgan fingerprint density at radius 3 is 2.47 bits per heavy atom. The van der Waals surface area contributed by atoms with Gasteiger partial charge in [0, 0.05) is 11.3 Å². The summed E-state index contributed by atoms with van der Waals surface area (Å²) in [6.45, 7) is 0. The number of fused-ring (bicyclic) bond motifs is 1. The SMILES string of the molecule is COc1ccc(C(=O)CSc2nnc(CSc3nc4ccccc4s3)n2-c2ccccc2)cc1. The van der Waals surface area contributed by atoms with Gasteiger partial charge in [-0.3, -0.25) is 9.36 Å². The summed E-state index contributed by atoms with van der Waals surface area (Å²) in [5.74, 6) is 2.45. The van der Waals surface area contributed by atoms with Crippen molar-refractivity contribution in [1.29, 1.82) is 0 Å². The highest BCUT2D eigenvalue weighted by molar-refractivity contribution is 8.00. The van der Waals surface area contributed by atoms with E-state index in [1.54, 1.807) is 54.5 Å². The fraction of sp³-hybridized carbons (Fsp3) is 0.120. The van der Waals surface area contributed by atoms with Crippen LogP contribution < -0.4 is 4.74 Å². The highest BCUT2D eigenvalue weighted by Gasteiger charge is 2.17. The van der Waals surface area contributed by atoms with E-state index < -0.39 is 0 Å². The van der Waals surface area contributed by atoms with E-state index in [0.29, 0.717) is 16.5 Å². The molecule has 0 aliphatic heterocycles. The molecule has 5 aromatic rings. The van der Waals surface area contributed by atoms with Crippen LogP contribution in [0.1, 0.15) is 16.2 Å². The quantitative estimate of drug-likeness (QED) is 0.176.